The number of nitrogens with zero attached hydrogens (tertiary/aromatic N) is 1. The minimum atomic E-state index is -0.616. The Labute approximate surface area is 138 Å². The van der Waals surface area contributed by atoms with Crippen LogP contribution in [-0.4, -0.2) is 37.5 Å². The maximum Gasteiger partial charge on any atom is 0.232 e. The van der Waals surface area contributed by atoms with E-state index in [0.717, 1.165) is 31.6 Å². The Morgan fingerprint density at radius 3 is 2.59 bits per heavy atom. The molecule has 0 bridgehead atoms. The molecule has 1 saturated heterocycles. The highest BCUT2D eigenvalue weighted by molar-refractivity contribution is 5.87. The number of hydrogen-bond donors (Lipinski definition) is 1. The van der Waals surface area contributed by atoms with Gasteiger partial charge in [-0.25, -0.2) is 4.39 Å². The molecule has 1 fully saturated rings. The second-order valence-electron chi connectivity index (χ2n) is 6.45. The van der Waals surface area contributed by atoms with E-state index in [1.165, 1.54) is 18.6 Å². The van der Waals surface area contributed by atoms with Gasteiger partial charge in [-0.05, 0) is 63.9 Å². The van der Waals surface area contributed by atoms with E-state index in [-0.39, 0.29) is 24.1 Å². The number of piperidine rings is 1. The van der Waals surface area contributed by atoms with Crippen LogP contribution >= 0.6 is 12.4 Å². The Bertz CT molecular complexity index is 488. The molecule has 3 nitrogen and oxygen atoms in total. The van der Waals surface area contributed by atoms with Crippen molar-refractivity contribution in [1.82, 2.24) is 10.2 Å². The average Bonchev–Trinajstić information content (AvgIpc) is 2.47. The number of benzene rings is 1. The predicted octanol–water partition coefficient (Wildman–Crippen LogP) is 2.98. The number of amides is 1. The van der Waals surface area contributed by atoms with Crippen molar-refractivity contribution in [3.05, 3.63) is 35.6 Å². The maximum absolute atomic E-state index is 13.1. The molecule has 5 heteroatoms. The lowest BCUT2D eigenvalue weighted by Crippen LogP contribution is -2.49. The van der Waals surface area contributed by atoms with Gasteiger partial charge in [-0.2, -0.15) is 0 Å². The topological polar surface area (TPSA) is 32.3 Å². The Morgan fingerprint density at radius 2 is 2.00 bits per heavy atom. The van der Waals surface area contributed by atoms with E-state index in [0.29, 0.717) is 5.92 Å². The van der Waals surface area contributed by atoms with E-state index in [1.807, 2.05) is 25.8 Å². The molecule has 1 aromatic carbocycles. The van der Waals surface area contributed by atoms with Gasteiger partial charge in [-0.3, -0.25) is 4.79 Å². The maximum atomic E-state index is 13.1. The van der Waals surface area contributed by atoms with Crippen molar-refractivity contribution in [1.29, 1.82) is 0 Å². The minimum Gasteiger partial charge on any atom is -0.342 e. The number of likely N-dealkylation sites (tertiary alicyclic amines) is 1. The Morgan fingerprint density at radius 1 is 1.36 bits per heavy atom. The first-order valence-electron chi connectivity index (χ1n) is 7.65. The van der Waals surface area contributed by atoms with Gasteiger partial charge in [0, 0.05) is 13.1 Å². The van der Waals surface area contributed by atoms with Gasteiger partial charge in [0.1, 0.15) is 5.82 Å². The van der Waals surface area contributed by atoms with Gasteiger partial charge in [0.25, 0.3) is 0 Å². The second kappa shape index (κ2) is 7.93. The van der Waals surface area contributed by atoms with Crippen LogP contribution in [-0.2, 0) is 10.2 Å². The van der Waals surface area contributed by atoms with Crippen molar-refractivity contribution in [2.75, 3.05) is 26.7 Å². The number of hydrogen-bond acceptors (Lipinski definition) is 2. The zero-order valence-corrected chi connectivity index (χ0v) is 14.4. The van der Waals surface area contributed by atoms with E-state index >= 15 is 0 Å². The van der Waals surface area contributed by atoms with Crippen LogP contribution in [0.5, 0.6) is 0 Å². The zero-order chi connectivity index (χ0) is 15.5. The fourth-order valence-corrected chi connectivity index (χ4v) is 3.09. The molecular weight excluding hydrogens is 303 g/mol. The van der Waals surface area contributed by atoms with Gasteiger partial charge in [0.05, 0.1) is 5.41 Å². The first-order valence-corrected chi connectivity index (χ1v) is 7.65. The summed E-state index contributed by atoms with van der Waals surface area (Å²) < 4.78 is 13.1. The third-order valence-electron chi connectivity index (χ3n) is 4.40. The van der Waals surface area contributed by atoms with Crippen molar-refractivity contribution >= 4 is 18.3 Å². The number of rotatable bonds is 4. The summed E-state index contributed by atoms with van der Waals surface area (Å²) in [5.41, 5.74) is 0.250. The predicted molar refractivity (Wildman–Crippen MR) is 89.9 cm³/mol. The van der Waals surface area contributed by atoms with Crippen molar-refractivity contribution in [2.24, 2.45) is 5.92 Å². The summed E-state index contributed by atoms with van der Waals surface area (Å²) >= 11 is 0. The lowest BCUT2D eigenvalue weighted by molar-refractivity contribution is -0.138. The van der Waals surface area contributed by atoms with Crippen molar-refractivity contribution in [2.45, 2.75) is 32.1 Å². The second-order valence-corrected chi connectivity index (χ2v) is 6.45. The molecule has 1 aliphatic rings. The molecule has 1 unspecified atom stereocenters. The molecule has 1 amide bonds. The van der Waals surface area contributed by atoms with Crippen LogP contribution in [0.25, 0.3) is 0 Å². The molecule has 1 aromatic rings. The third kappa shape index (κ3) is 4.20. The van der Waals surface area contributed by atoms with Crippen LogP contribution in [0.4, 0.5) is 4.39 Å². The largest absolute Gasteiger partial charge is 0.342 e. The molecule has 1 N–H and O–H groups in total. The molecule has 0 aliphatic carbocycles. The highest BCUT2D eigenvalue weighted by Crippen LogP contribution is 2.28. The summed E-state index contributed by atoms with van der Waals surface area (Å²) in [5, 5.41) is 3.19. The van der Waals surface area contributed by atoms with Gasteiger partial charge in [0.2, 0.25) is 5.91 Å². The molecule has 1 heterocycles. The van der Waals surface area contributed by atoms with E-state index in [2.05, 4.69) is 5.32 Å². The summed E-state index contributed by atoms with van der Waals surface area (Å²) in [6.45, 7) is 6.42. The Balaban J connectivity index is 0.00000242. The number of carbonyl (C=O) groups is 1. The summed E-state index contributed by atoms with van der Waals surface area (Å²) in [6, 6.07) is 6.26. The highest BCUT2D eigenvalue weighted by atomic mass is 35.5. The van der Waals surface area contributed by atoms with Crippen molar-refractivity contribution in [3.8, 4) is 0 Å². The van der Waals surface area contributed by atoms with E-state index in [9.17, 15) is 9.18 Å². The number of nitrogens with one attached hydrogen (secondary N) is 1. The van der Waals surface area contributed by atoms with Gasteiger partial charge in [0.15, 0.2) is 0 Å². The average molecular weight is 329 g/mol. The van der Waals surface area contributed by atoms with Gasteiger partial charge < -0.3 is 10.2 Å². The number of carbonyl (C=O) groups excluding carboxylic acids is 1. The molecular formula is C17H26ClFN2O. The molecule has 1 atom stereocenters. The van der Waals surface area contributed by atoms with E-state index in [4.69, 9.17) is 0 Å². The van der Waals surface area contributed by atoms with Crippen LogP contribution < -0.4 is 5.32 Å². The van der Waals surface area contributed by atoms with Crippen LogP contribution in [0.1, 0.15) is 32.3 Å². The molecule has 0 aromatic heterocycles. The fourth-order valence-electron chi connectivity index (χ4n) is 3.09. The standard InChI is InChI=1S/C17H25FN2O.ClH/c1-17(2,14-6-8-15(18)9-7-14)16(21)20-10-4-5-13(12-20)11-19-3;/h6-9,13,19H,4-5,10-12H2,1-3H3;1H. The van der Waals surface area contributed by atoms with Gasteiger partial charge in [-0.15, -0.1) is 12.4 Å². The Hall–Kier alpha value is -1.13. The molecule has 22 heavy (non-hydrogen) atoms. The summed E-state index contributed by atoms with van der Waals surface area (Å²) in [4.78, 5) is 14.8. The summed E-state index contributed by atoms with van der Waals surface area (Å²) in [5.74, 6) is 0.390. The van der Waals surface area contributed by atoms with E-state index in [1.54, 1.807) is 12.1 Å². The monoisotopic (exact) mass is 328 g/mol. The van der Waals surface area contributed by atoms with Crippen molar-refractivity contribution in [3.63, 3.8) is 0 Å². The minimum absolute atomic E-state index is 0. The molecule has 1 aliphatic heterocycles. The van der Waals surface area contributed by atoms with E-state index < -0.39 is 5.41 Å². The first-order chi connectivity index (χ1) is 9.95. The quantitative estimate of drug-likeness (QED) is 0.921. The molecule has 2 rings (SSSR count). The van der Waals surface area contributed by atoms with Crippen LogP contribution in [0.3, 0.4) is 0 Å². The van der Waals surface area contributed by atoms with Crippen LogP contribution in [0.15, 0.2) is 24.3 Å². The summed E-state index contributed by atoms with van der Waals surface area (Å²) in [6.07, 6.45) is 2.22. The van der Waals surface area contributed by atoms with Crippen molar-refractivity contribution < 1.29 is 9.18 Å². The zero-order valence-electron chi connectivity index (χ0n) is 13.6. The smallest absolute Gasteiger partial charge is 0.232 e. The van der Waals surface area contributed by atoms with Crippen LogP contribution in [0, 0.1) is 11.7 Å². The third-order valence-corrected chi connectivity index (χ3v) is 4.40. The first kappa shape index (κ1) is 18.9. The molecule has 124 valence electrons. The molecule has 0 radical (unpaired) electrons. The Kier molecular flexibility index (Phi) is 6.82. The van der Waals surface area contributed by atoms with Crippen LogP contribution in [0.2, 0.25) is 0 Å². The number of halogens is 2. The SMILES string of the molecule is CNCC1CCCN(C(=O)C(C)(C)c2ccc(F)cc2)C1.Cl. The van der Waals surface area contributed by atoms with Gasteiger partial charge in [-0.1, -0.05) is 12.1 Å². The molecule has 0 spiro atoms. The normalized spacial score (nSPS) is 18.7. The highest BCUT2D eigenvalue weighted by Gasteiger charge is 2.35. The summed E-state index contributed by atoms with van der Waals surface area (Å²) in [7, 11) is 1.95. The van der Waals surface area contributed by atoms with Gasteiger partial charge >= 0.3 is 0 Å². The fraction of sp³-hybridized carbons (Fsp3) is 0.588. The lowest BCUT2D eigenvalue weighted by Gasteiger charge is -2.38. The molecule has 0 saturated carbocycles. The lowest BCUT2D eigenvalue weighted by atomic mass is 9.82.